The van der Waals surface area contributed by atoms with Crippen molar-refractivity contribution >= 4 is 44.5 Å². The highest BCUT2D eigenvalue weighted by Crippen LogP contribution is 2.27. The Hall–Kier alpha value is -2.89. The molecule has 1 heterocycles. The van der Waals surface area contributed by atoms with E-state index in [0.29, 0.717) is 22.1 Å². The van der Waals surface area contributed by atoms with Crippen LogP contribution in [0.3, 0.4) is 0 Å². The Morgan fingerprint density at radius 2 is 1.72 bits per heavy atom. The Bertz CT molecular complexity index is 1230. The van der Waals surface area contributed by atoms with Crippen molar-refractivity contribution in [3.8, 4) is 16.9 Å². The van der Waals surface area contributed by atoms with Crippen LogP contribution in [0.25, 0.3) is 22.1 Å². The molecule has 0 bridgehead atoms. The zero-order valence-corrected chi connectivity index (χ0v) is 17.3. The molecule has 0 aliphatic heterocycles. The minimum absolute atomic E-state index is 0.161. The van der Waals surface area contributed by atoms with Crippen LogP contribution in [0.15, 0.2) is 92.7 Å². The van der Waals surface area contributed by atoms with E-state index in [1.807, 2.05) is 30.3 Å². The highest BCUT2D eigenvalue weighted by molar-refractivity contribution is 9.10. The molecule has 0 spiro atoms. The number of halogens is 2. The van der Waals surface area contributed by atoms with Gasteiger partial charge in [-0.1, -0.05) is 58.4 Å². The van der Waals surface area contributed by atoms with E-state index >= 15 is 0 Å². The van der Waals surface area contributed by atoms with Gasteiger partial charge in [0.25, 0.3) is 0 Å². The van der Waals surface area contributed by atoms with Gasteiger partial charge in [-0.15, -0.1) is 11.6 Å². The van der Waals surface area contributed by atoms with Crippen molar-refractivity contribution in [1.82, 2.24) is 0 Å². The molecule has 4 rings (SSSR count). The summed E-state index contributed by atoms with van der Waals surface area (Å²) in [4.78, 5) is 25.2. The van der Waals surface area contributed by atoms with Crippen LogP contribution in [0.5, 0.6) is 5.75 Å². The summed E-state index contributed by atoms with van der Waals surface area (Å²) in [5.41, 5.74) is 2.02. The van der Waals surface area contributed by atoms with Gasteiger partial charge in [-0.25, -0.2) is 4.79 Å². The van der Waals surface area contributed by atoms with E-state index in [4.69, 9.17) is 20.8 Å². The lowest BCUT2D eigenvalue weighted by Gasteiger charge is -2.10. The Labute approximate surface area is 179 Å². The van der Waals surface area contributed by atoms with E-state index in [0.717, 1.165) is 10.0 Å². The van der Waals surface area contributed by atoms with E-state index in [-0.39, 0.29) is 11.2 Å². The quantitative estimate of drug-likeness (QED) is 0.206. The number of esters is 1. The fourth-order valence-electron chi connectivity index (χ4n) is 2.93. The zero-order valence-electron chi connectivity index (χ0n) is 15.0. The largest absolute Gasteiger partial charge is 0.463 e. The normalized spacial score (nSPS) is 11.9. The average Bonchev–Trinajstić information content (AvgIpc) is 2.75. The molecule has 29 heavy (non-hydrogen) atoms. The topological polar surface area (TPSA) is 56.5 Å². The first-order chi connectivity index (χ1) is 14.0. The van der Waals surface area contributed by atoms with Crippen LogP contribution in [0, 0.1) is 0 Å². The second-order valence-electron chi connectivity index (χ2n) is 6.34. The van der Waals surface area contributed by atoms with Gasteiger partial charge >= 0.3 is 5.97 Å². The third-order valence-electron chi connectivity index (χ3n) is 4.42. The average molecular weight is 470 g/mol. The molecule has 0 aliphatic carbocycles. The van der Waals surface area contributed by atoms with Crippen molar-refractivity contribution in [3.05, 3.63) is 99.3 Å². The van der Waals surface area contributed by atoms with E-state index < -0.39 is 11.3 Å². The maximum atomic E-state index is 12.8. The van der Waals surface area contributed by atoms with Gasteiger partial charge < -0.3 is 9.15 Å². The first-order valence-corrected chi connectivity index (χ1v) is 9.98. The standard InChI is InChI=1S/C23H14BrClO4/c24-16-8-6-14(7-9-16)19-13-28-20-12-17(10-11-18(20)22(19)26)29-23(27)21(25)15-4-2-1-3-5-15/h1-13,21H. The lowest BCUT2D eigenvalue weighted by atomic mass is 10.1. The van der Waals surface area contributed by atoms with Gasteiger partial charge in [0, 0.05) is 10.5 Å². The SMILES string of the molecule is O=C(Oc1ccc2c(=O)c(-c3ccc(Br)cc3)coc2c1)C(Cl)c1ccccc1. The van der Waals surface area contributed by atoms with Gasteiger partial charge in [-0.2, -0.15) is 0 Å². The van der Waals surface area contributed by atoms with Gasteiger partial charge in [0.15, 0.2) is 10.8 Å². The highest BCUT2D eigenvalue weighted by atomic mass is 79.9. The molecule has 144 valence electrons. The van der Waals surface area contributed by atoms with Gasteiger partial charge in [0.1, 0.15) is 17.6 Å². The minimum atomic E-state index is -0.932. The molecule has 0 N–H and O–H groups in total. The Morgan fingerprint density at radius 1 is 1.00 bits per heavy atom. The van der Waals surface area contributed by atoms with Crippen LogP contribution in [-0.4, -0.2) is 5.97 Å². The van der Waals surface area contributed by atoms with Crippen LogP contribution in [0.4, 0.5) is 0 Å². The van der Waals surface area contributed by atoms with Crippen LogP contribution < -0.4 is 10.2 Å². The maximum absolute atomic E-state index is 12.8. The number of rotatable bonds is 4. The lowest BCUT2D eigenvalue weighted by Crippen LogP contribution is -2.14. The van der Waals surface area contributed by atoms with Crippen molar-refractivity contribution in [3.63, 3.8) is 0 Å². The number of ether oxygens (including phenoxy) is 1. The molecule has 4 nitrogen and oxygen atoms in total. The van der Waals surface area contributed by atoms with Gasteiger partial charge in [-0.05, 0) is 35.4 Å². The van der Waals surface area contributed by atoms with E-state index in [2.05, 4.69) is 15.9 Å². The molecule has 1 atom stereocenters. The van der Waals surface area contributed by atoms with Gasteiger partial charge in [0.2, 0.25) is 0 Å². The van der Waals surface area contributed by atoms with E-state index in [1.165, 1.54) is 12.3 Å². The number of carbonyl (C=O) groups excluding carboxylic acids is 1. The molecule has 0 fully saturated rings. The number of fused-ring (bicyclic) bond motifs is 1. The van der Waals surface area contributed by atoms with Crippen LogP contribution in [0.2, 0.25) is 0 Å². The molecule has 0 saturated carbocycles. The van der Waals surface area contributed by atoms with Crippen molar-refractivity contribution in [2.75, 3.05) is 0 Å². The first-order valence-electron chi connectivity index (χ1n) is 8.75. The summed E-state index contributed by atoms with van der Waals surface area (Å²) in [7, 11) is 0. The number of hydrogen-bond donors (Lipinski definition) is 0. The number of hydrogen-bond acceptors (Lipinski definition) is 4. The van der Waals surface area contributed by atoms with Crippen LogP contribution >= 0.6 is 27.5 Å². The predicted molar refractivity (Wildman–Crippen MR) is 116 cm³/mol. The summed E-state index contributed by atoms with van der Waals surface area (Å²) < 4.78 is 11.9. The summed E-state index contributed by atoms with van der Waals surface area (Å²) in [5.74, 6) is -0.352. The second kappa shape index (κ2) is 8.23. The molecular weight excluding hydrogens is 456 g/mol. The molecule has 1 aromatic heterocycles. The maximum Gasteiger partial charge on any atom is 0.334 e. The number of carbonyl (C=O) groups is 1. The van der Waals surface area contributed by atoms with Gasteiger partial charge in [-0.3, -0.25) is 4.79 Å². The predicted octanol–water partition coefficient (Wildman–Crippen LogP) is 6.11. The Morgan fingerprint density at radius 3 is 2.45 bits per heavy atom. The van der Waals surface area contributed by atoms with Gasteiger partial charge in [0.05, 0.1) is 10.9 Å². The highest BCUT2D eigenvalue weighted by Gasteiger charge is 2.20. The molecule has 3 aromatic carbocycles. The summed E-state index contributed by atoms with van der Waals surface area (Å²) >= 11 is 9.57. The monoisotopic (exact) mass is 468 g/mol. The summed E-state index contributed by atoms with van der Waals surface area (Å²) in [5, 5.41) is -0.533. The van der Waals surface area contributed by atoms with Crippen molar-refractivity contribution in [1.29, 1.82) is 0 Å². The smallest absolute Gasteiger partial charge is 0.334 e. The summed E-state index contributed by atoms with van der Waals surface area (Å²) in [6, 6.07) is 21.0. The van der Waals surface area contributed by atoms with Crippen molar-refractivity contribution < 1.29 is 13.9 Å². The second-order valence-corrected chi connectivity index (χ2v) is 7.69. The third-order valence-corrected chi connectivity index (χ3v) is 5.38. The zero-order chi connectivity index (χ0) is 20.4. The summed E-state index contributed by atoms with van der Waals surface area (Å²) in [6.45, 7) is 0. The Balaban J connectivity index is 1.62. The van der Waals surface area contributed by atoms with Crippen molar-refractivity contribution in [2.45, 2.75) is 5.38 Å². The van der Waals surface area contributed by atoms with Crippen LogP contribution in [-0.2, 0) is 4.79 Å². The molecule has 0 amide bonds. The first kappa shape index (κ1) is 19.4. The molecule has 6 heteroatoms. The van der Waals surface area contributed by atoms with E-state index in [1.54, 1.807) is 36.4 Å². The fraction of sp³-hybridized carbons (Fsp3) is 0.0435. The molecule has 0 aliphatic rings. The lowest BCUT2D eigenvalue weighted by molar-refractivity contribution is -0.134. The van der Waals surface area contributed by atoms with Crippen LogP contribution in [0.1, 0.15) is 10.9 Å². The Kier molecular flexibility index (Phi) is 5.51. The molecule has 4 aromatic rings. The van der Waals surface area contributed by atoms with Crippen molar-refractivity contribution in [2.24, 2.45) is 0 Å². The number of alkyl halides is 1. The summed E-state index contributed by atoms with van der Waals surface area (Å²) in [6.07, 6.45) is 1.41. The number of benzene rings is 3. The third kappa shape index (κ3) is 4.11. The molecule has 0 radical (unpaired) electrons. The minimum Gasteiger partial charge on any atom is -0.463 e. The van der Waals surface area contributed by atoms with E-state index in [9.17, 15) is 9.59 Å². The fourth-order valence-corrected chi connectivity index (χ4v) is 3.38. The molecule has 1 unspecified atom stereocenters. The molecule has 0 saturated heterocycles. The molecular formula is C23H14BrClO4.